The molecule has 0 saturated carbocycles. The second kappa shape index (κ2) is 11.1. The van der Waals surface area contributed by atoms with E-state index in [0.29, 0.717) is 17.0 Å². The van der Waals surface area contributed by atoms with Gasteiger partial charge in [-0.15, -0.1) is 10.2 Å². The third kappa shape index (κ3) is 6.25. The summed E-state index contributed by atoms with van der Waals surface area (Å²) in [6.07, 6.45) is 4.49. The maximum atomic E-state index is 10.4. The van der Waals surface area contributed by atoms with E-state index in [4.69, 9.17) is 0 Å². The summed E-state index contributed by atoms with van der Waals surface area (Å²) in [6, 6.07) is 5.18. The second-order valence-electron chi connectivity index (χ2n) is 6.76. The number of phenols is 1. The molecule has 8 heteroatoms. The molecule has 0 unspecified atom stereocenters. The maximum Gasteiger partial charge on any atom is 0.127 e. The number of rotatable bonds is 4. The average molecular weight is 398 g/mol. The Balaban J connectivity index is 0.000000941. The van der Waals surface area contributed by atoms with Crippen molar-refractivity contribution >= 4 is 11.5 Å². The molecular weight excluding hydrogens is 366 g/mol. The second-order valence-corrected chi connectivity index (χ2v) is 6.76. The number of aromatic hydroxyl groups is 1. The van der Waals surface area contributed by atoms with E-state index < -0.39 is 0 Å². The number of hydrogen-bond donors (Lipinski definition) is 2. The van der Waals surface area contributed by atoms with Gasteiger partial charge in [0.2, 0.25) is 0 Å². The number of piperazine rings is 1. The van der Waals surface area contributed by atoms with Crippen LogP contribution in [0.25, 0.3) is 5.69 Å². The van der Waals surface area contributed by atoms with Crippen molar-refractivity contribution < 1.29 is 5.11 Å². The van der Waals surface area contributed by atoms with E-state index in [1.807, 2.05) is 19.9 Å². The van der Waals surface area contributed by atoms with Crippen molar-refractivity contribution in [1.82, 2.24) is 25.2 Å². The Hall–Kier alpha value is -3.00. The van der Waals surface area contributed by atoms with Crippen molar-refractivity contribution in [3.8, 4) is 11.4 Å². The summed E-state index contributed by atoms with van der Waals surface area (Å²) in [7, 11) is 0. The Kier molecular flexibility index (Phi) is 8.54. The van der Waals surface area contributed by atoms with Crippen LogP contribution in [0.4, 0.5) is 0 Å². The highest BCUT2D eigenvalue weighted by Crippen LogP contribution is 2.22. The van der Waals surface area contributed by atoms with Crippen molar-refractivity contribution in [2.45, 2.75) is 34.1 Å². The Labute approximate surface area is 172 Å². The van der Waals surface area contributed by atoms with E-state index in [0.717, 1.165) is 37.7 Å². The highest BCUT2D eigenvalue weighted by atomic mass is 16.3. The van der Waals surface area contributed by atoms with Gasteiger partial charge in [0, 0.05) is 37.8 Å². The van der Waals surface area contributed by atoms with Crippen molar-refractivity contribution in [2.24, 2.45) is 10.2 Å². The lowest BCUT2D eigenvalue weighted by Crippen LogP contribution is -2.45. The van der Waals surface area contributed by atoms with E-state index in [1.54, 1.807) is 24.4 Å². The number of benzene rings is 1. The quantitative estimate of drug-likeness (QED) is 0.470. The van der Waals surface area contributed by atoms with Crippen LogP contribution in [0.2, 0.25) is 0 Å². The topological polar surface area (TPSA) is 90.9 Å². The summed E-state index contributed by atoms with van der Waals surface area (Å²) in [6.45, 7) is 15.5. The fourth-order valence-corrected chi connectivity index (χ4v) is 2.71. The molecule has 1 aromatic carbocycles. The zero-order valence-corrected chi connectivity index (χ0v) is 17.8. The van der Waals surface area contributed by atoms with Crippen molar-refractivity contribution in [1.29, 1.82) is 0 Å². The Morgan fingerprint density at radius 3 is 2.52 bits per heavy atom. The molecule has 1 saturated heterocycles. The Morgan fingerprint density at radius 1 is 1.28 bits per heavy atom. The molecule has 1 aliphatic rings. The maximum absolute atomic E-state index is 10.4. The monoisotopic (exact) mass is 397 g/mol. The lowest BCUT2D eigenvalue weighted by molar-refractivity contribution is 0.355. The van der Waals surface area contributed by atoms with Gasteiger partial charge in [-0.2, -0.15) is 15.0 Å². The zero-order valence-electron chi connectivity index (χ0n) is 17.8. The van der Waals surface area contributed by atoms with Gasteiger partial charge in [-0.05, 0) is 32.1 Å². The summed E-state index contributed by atoms with van der Waals surface area (Å²) < 4.78 is 0. The molecule has 2 heterocycles. The minimum absolute atomic E-state index is 0.0751. The van der Waals surface area contributed by atoms with Crippen LogP contribution in [-0.2, 0) is 0 Å². The number of aryl methyl sites for hydroxylation is 1. The standard InChI is InChI=1S/C18H23N7O.C3H8/c1-4-17(22-21-14(3)24-9-7-19-8-10-24)16-6-5-15(11-18(16)26)25-20-12-13(2)23-25;1-3-2/h4-6,11-12,19,26H,1,7-10H2,2-3H3;3H2,1-2H3/b21-14+,22-17+;. The molecule has 0 radical (unpaired) electrons. The molecule has 0 atom stereocenters. The van der Waals surface area contributed by atoms with Gasteiger partial charge in [0.25, 0.3) is 0 Å². The van der Waals surface area contributed by atoms with Gasteiger partial charge in [0.15, 0.2) is 0 Å². The molecule has 156 valence electrons. The minimum atomic E-state index is 0.0751. The molecule has 29 heavy (non-hydrogen) atoms. The average Bonchev–Trinajstić information content (AvgIpc) is 3.16. The normalized spacial score (nSPS) is 15.0. The van der Waals surface area contributed by atoms with Gasteiger partial charge in [-0.3, -0.25) is 0 Å². The molecule has 1 aliphatic heterocycles. The van der Waals surface area contributed by atoms with Crippen LogP contribution in [0.5, 0.6) is 5.75 Å². The van der Waals surface area contributed by atoms with Crippen LogP contribution in [0.3, 0.4) is 0 Å². The zero-order chi connectivity index (χ0) is 21.2. The van der Waals surface area contributed by atoms with E-state index in [9.17, 15) is 5.11 Å². The van der Waals surface area contributed by atoms with Gasteiger partial charge in [0.1, 0.15) is 11.6 Å². The number of allylic oxidation sites excluding steroid dienone is 1. The van der Waals surface area contributed by atoms with Gasteiger partial charge in [-0.1, -0.05) is 26.8 Å². The Morgan fingerprint density at radius 2 is 1.97 bits per heavy atom. The summed E-state index contributed by atoms with van der Waals surface area (Å²) >= 11 is 0. The summed E-state index contributed by atoms with van der Waals surface area (Å²) in [5.41, 5.74) is 2.54. The molecule has 1 fully saturated rings. The SMILES string of the molecule is C=C/C(=N\N=C(/C)N1CCNCC1)c1ccc(-n2ncc(C)n2)cc1O.CCC. The highest BCUT2D eigenvalue weighted by molar-refractivity contribution is 6.10. The lowest BCUT2D eigenvalue weighted by atomic mass is 10.1. The van der Waals surface area contributed by atoms with E-state index in [2.05, 4.69) is 51.0 Å². The molecule has 1 aromatic heterocycles. The molecule has 8 nitrogen and oxygen atoms in total. The highest BCUT2D eigenvalue weighted by Gasteiger charge is 2.12. The van der Waals surface area contributed by atoms with Crippen LogP contribution in [0.1, 0.15) is 38.4 Å². The molecule has 3 rings (SSSR count). The summed E-state index contributed by atoms with van der Waals surface area (Å²) in [5.74, 6) is 0.921. The molecule has 0 bridgehead atoms. The molecule has 2 N–H and O–H groups in total. The fourth-order valence-electron chi connectivity index (χ4n) is 2.71. The number of nitrogens with zero attached hydrogens (tertiary/aromatic N) is 6. The van der Waals surface area contributed by atoms with Crippen LogP contribution in [0, 0.1) is 6.92 Å². The first-order chi connectivity index (χ1) is 14.0. The predicted octanol–water partition coefficient (Wildman–Crippen LogP) is 2.91. The first-order valence-electron chi connectivity index (χ1n) is 9.93. The first-order valence-corrected chi connectivity index (χ1v) is 9.93. The number of phenolic OH excluding ortho intramolecular Hbond substituents is 1. The lowest BCUT2D eigenvalue weighted by Gasteiger charge is -2.28. The van der Waals surface area contributed by atoms with Crippen molar-refractivity contribution in [2.75, 3.05) is 26.2 Å². The summed E-state index contributed by atoms with van der Waals surface area (Å²) in [4.78, 5) is 3.64. The third-order valence-electron chi connectivity index (χ3n) is 4.17. The number of aromatic nitrogens is 3. The smallest absolute Gasteiger partial charge is 0.127 e. The van der Waals surface area contributed by atoms with Crippen LogP contribution in [-0.4, -0.2) is 62.7 Å². The van der Waals surface area contributed by atoms with Crippen molar-refractivity contribution in [3.63, 3.8) is 0 Å². The van der Waals surface area contributed by atoms with Crippen molar-refractivity contribution in [3.05, 3.63) is 48.3 Å². The fraction of sp³-hybridized carbons (Fsp3) is 0.429. The largest absolute Gasteiger partial charge is 0.507 e. The van der Waals surface area contributed by atoms with E-state index >= 15 is 0 Å². The number of nitrogens with one attached hydrogen (secondary N) is 1. The molecule has 0 amide bonds. The van der Waals surface area contributed by atoms with Crippen LogP contribution >= 0.6 is 0 Å². The van der Waals surface area contributed by atoms with Gasteiger partial charge in [-0.25, -0.2) is 0 Å². The number of hydrogen-bond acceptors (Lipinski definition) is 6. The van der Waals surface area contributed by atoms with Gasteiger partial charge >= 0.3 is 0 Å². The minimum Gasteiger partial charge on any atom is -0.507 e. The first kappa shape index (κ1) is 22.3. The summed E-state index contributed by atoms with van der Waals surface area (Å²) in [5, 5.41) is 30.7. The molecule has 0 aliphatic carbocycles. The Bertz CT molecular complexity index is 864. The molecular formula is C21H31N7O. The van der Waals surface area contributed by atoms with Crippen LogP contribution in [0.15, 0.2) is 47.3 Å². The molecule has 0 spiro atoms. The third-order valence-corrected chi connectivity index (χ3v) is 4.17. The van der Waals surface area contributed by atoms with Gasteiger partial charge < -0.3 is 15.3 Å². The number of amidine groups is 1. The van der Waals surface area contributed by atoms with E-state index in [-0.39, 0.29) is 5.75 Å². The van der Waals surface area contributed by atoms with E-state index in [1.165, 1.54) is 11.2 Å². The van der Waals surface area contributed by atoms with Gasteiger partial charge in [0.05, 0.1) is 23.3 Å². The predicted molar refractivity (Wildman–Crippen MR) is 118 cm³/mol. The molecule has 2 aromatic rings. The van der Waals surface area contributed by atoms with Crippen LogP contribution < -0.4 is 5.32 Å².